The number of carbonyl (C=O) groups is 4. The van der Waals surface area contributed by atoms with Gasteiger partial charge in [0.15, 0.2) is 6.61 Å². The number of benzene rings is 2. The first kappa shape index (κ1) is 22.5. The van der Waals surface area contributed by atoms with Gasteiger partial charge < -0.3 is 19.5 Å². The zero-order valence-electron chi connectivity index (χ0n) is 18.2. The van der Waals surface area contributed by atoms with Crippen molar-refractivity contribution in [2.75, 3.05) is 31.7 Å². The van der Waals surface area contributed by atoms with Gasteiger partial charge in [-0.05, 0) is 62.2 Å². The minimum Gasteiger partial charge on any atom is -0.494 e. The summed E-state index contributed by atoms with van der Waals surface area (Å²) < 4.78 is 15.9. The van der Waals surface area contributed by atoms with Crippen molar-refractivity contribution < 1.29 is 33.4 Å². The van der Waals surface area contributed by atoms with Crippen molar-refractivity contribution in [2.45, 2.75) is 25.9 Å². The lowest BCUT2D eigenvalue weighted by molar-refractivity contribution is -0.119. The van der Waals surface area contributed by atoms with Gasteiger partial charge in [0.25, 0.3) is 17.7 Å². The van der Waals surface area contributed by atoms with Gasteiger partial charge in [0.05, 0.1) is 35.9 Å². The molecule has 4 rings (SSSR count). The molecule has 0 aliphatic carbocycles. The summed E-state index contributed by atoms with van der Waals surface area (Å²) in [4.78, 5) is 51.0. The first-order valence-corrected chi connectivity index (χ1v) is 10.8. The molecule has 3 amide bonds. The van der Waals surface area contributed by atoms with Crippen molar-refractivity contribution in [1.29, 1.82) is 0 Å². The molecule has 2 heterocycles. The van der Waals surface area contributed by atoms with Gasteiger partial charge in [0.1, 0.15) is 5.75 Å². The van der Waals surface area contributed by atoms with E-state index in [-0.39, 0.29) is 29.3 Å². The number of nitrogens with one attached hydrogen (secondary N) is 1. The molecular weight excluding hydrogens is 428 g/mol. The van der Waals surface area contributed by atoms with Gasteiger partial charge >= 0.3 is 5.97 Å². The predicted octanol–water partition coefficient (Wildman–Crippen LogP) is 2.66. The van der Waals surface area contributed by atoms with E-state index in [4.69, 9.17) is 14.2 Å². The molecule has 33 heavy (non-hydrogen) atoms. The van der Waals surface area contributed by atoms with Gasteiger partial charge in [-0.2, -0.15) is 0 Å². The Morgan fingerprint density at radius 2 is 1.85 bits per heavy atom. The van der Waals surface area contributed by atoms with Crippen LogP contribution in [-0.2, 0) is 14.3 Å². The van der Waals surface area contributed by atoms with Crippen molar-refractivity contribution >= 4 is 29.4 Å². The van der Waals surface area contributed by atoms with Crippen molar-refractivity contribution in [2.24, 2.45) is 0 Å². The van der Waals surface area contributed by atoms with E-state index in [1.165, 1.54) is 18.2 Å². The summed E-state index contributed by atoms with van der Waals surface area (Å²) in [6.07, 6.45) is 1.53. The number of anilines is 1. The summed E-state index contributed by atoms with van der Waals surface area (Å²) >= 11 is 0. The molecule has 172 valence electrons. The maximum absolute atomic E-state index is 12.7. The monoisotopic (exact) mass is 452 g/mol. The second-order valence-corrected chi connectivity index (χ2v) is 7.70. The van der Waals surface area contributed by atoms with Crippen LogP contribution in [0.5, 0.6) is 5.75 Å². The predicted molar refractivity (Wildman–Crippen MR) is 117 cm³/mol. The molecule has 1 saturated heterocycles. The SMILES string of the molecule is CCOc1ccc(NC(=O)COC(=O)c2ccc3c(c2)C(=O)N(C[C@H]2CCCO2)C3=O)cc1. The number of amides is 3. The van der Waals surface area contributed by atoms with Crippen molar-refractivity contribution in [1.82, 2.24) is 4.90 Å². The molecule has 2 aliphatic heterocycles. The fourth-order valence-corrected chi connectivity index (χ4v) is 3.79. The molecule has 0 bridgehead atoms. The maximum atomic E-state index is 12.7. The summed E-state index contributed by atoms with van der Waals surface area (Å²) in [6.45, 7) is 2.73. The molecule has 0 saturated carbocycles. The van der Waals surface area contributed by atoms with E-state index in [1.807, 2.05) is 6.92 Å². The molecule has 0 spiro atoms. The van der Waals surface area contributed by atoms with Crippen LogP contribution in [-0.4, -0.2) is 61.1 Å². The van der Waals surface area contributed by atoms with Gasteiger partial charge in [0.2, 0.25) is 0 Å². The first-order valence-electron chi connectivity index (χ1n) is 10.8. The van der Waals surface area contributed by atoms with E-state index in [1.54, 1.807) is 24.3 Å². The normalized spacial score (nSPS) is 17.1. The second-order valence-electron chi connectivity index (χ2n) is 7.70. The zero-order valence-corrected chi connectivity index (χ0v) is 18.2. The van der Waals surface area contributed by atoms with Gasteiger partial charge in [-0.1, -0.05) is 0 Å². The van der Waals surface area contributed by atoms with Crippen LogP contribution in [0.25, 0.3) is 0 Å². The third-order valence-electron chi connectivity index (χ3n) is 5.40. The van der Waals surface area contributed by atoms with Crippen molar-refractivity contribution in [3.63, 3.8) is 0 Å². The average Bonchev–Trinajstić information content (AvgIpc) is 3.42. The Hall–Kier alpha value is -3.72. The molecule has 2 aromatic rings. The Morgan fingerprint density at radius 3 is 2.55 bits per heavy atom. The van der Waals surface area contributed by atoms with E-state index < -0.39 is 30.3 Å². The summed E-state index contributed by atoms with van der Waals surface area (Å²) in [7, 11) is 0. The number of rotatable bonds is 8. The van der Waals surface area contributed by atoms with Crippen LogP contribution >= 0.6 is 0 Å². The highest BCUT2D eigenvalue weighted by molar-refractivity contribution is 6.22. The van der Waals surface area contributed by atoms with E-state index in [9.17, 15) is 19.2 Å². The molecule has 1 N–H and O–H groups in total. The van der Waals surface area contributed by atoms with E-state index >= 15 is 0 Å². The highest BCUT2D eigenvalue weighted by Crippen LogP contribution is 2.26. The smallest absolute Gasteiger partial charge is 0.338 e. The number of hydrogen-bond donors (Lipinski definition) is 1. The topological polar surface area (TPSA) is 111 Å². The van der Waals surface area contributed by atoms with E-state index in [0.29, 0.717) is 24.7 Å². The number of fused-ring (bicyclic) bond motifs is 1. The van der Waals surface area contributed by atoms with Gasteiger partial charge in [0, 0.05) is 12.3 Å². The van der Waals surface area contributed by atoms with Crippen LogP contribution in [0.4, 0.5) is 5.69 Å². The average molecular weight is 452 g/mol. The Balaban J connectivity index is 1.34. The lowest BCUT2D eigenvalue weighted by Gasteiger charge is -2.17. The fourth-order valence-electron chi connectivity index (χ4n) is 3.79. The molecule has 0 unspecified atom stereocenters. The Labute approximate surface area is 190 Å². The Morgan fingerprint density at radius 1 is 1.09 bits per heavy atom. The number of esters is 1. The lowest BCUT2D eigenvalue weighted by Crippen LogP contribution is -2.36. The van der Waals surface area contributed by atoms with E-state index in [2.05, 4.69) is 5.32 Å². The standard InChI is InChI=1S/C24H24N2O7/c1-2-31-17-8-6-16(7-9-17)25-21(27)14-33-24(30)15-5-10-19-20(12-15)23(29)26(22(19)28)13-18-4-3-11-32-18/h5-10,12,18H,2-4,11,13-14H2,1H3,(H,25,27)/t18-/m1/s1. The third kappa shape index (κ3) is 5.04. The van der Waals surface area contributed by atoms with Crippen LogP contribution in [0.15, 0.2) is 42.5 Å². The number of imide groups is 1. The molecule has 0 radical (unpaired) electrons. The largest absolute Gasteiger partial charge is 0.494 e. The van der Waals surface area contributed by atoms with Gasteiger partial charge in [-0.25, -0.2) is 4.79 Å². The molecule has 9 nitrogen and oxygen atoms in total. The lowest BCUT2D eigenvalue weighted by atomic mass is 10.1. The van der Waals surface area contributed by atoms with E-state index in [0.717, 1.165) is 17.7 Å². The van der Waals surface area contributed by atoms with Crippen LogP contribution in [0.3, 0.4) is 0 Å². The highest BCUT2D eigenvalue weighted by Gasteiger charge is 2.38. The number of ether oxygens (including phenoxy) is 3. The molecule has 2 aliphatic rings. The Kier molecular flexibility index (Phi) is 6.69. The van der Waals surface area contributed by atoms with Gasteiger partial charge in [-0.15, -0.1) is 0 Å². The molecule has 0 aromatic heterocycles. The highest BCUT2D eigenvalue weighted by atomic mass is 16.5. The molecular formula is C24H24N2O7. The minimum absolute atomic E-state index is 0.0859. The quantitative estimate of drug-likeness (QED) is 0.484. The molecule has 9 heteroatoms. The summed E-state index contributed by atoms with van der Waals surface area (Å²) in [5.74, 6) is -1.46. The maximum Gasteiger partial charge on any atom is 0.338 e. The van der Waals surface area contributed by atoms with Crippen molar-refractivity contribution in [3.8, 4) is 5.75 Å². The number of nitrogens with zero attached hydrogens (tertiary/aromatic N) is 1. The first-order chi connectivity index (χ1) is 16.0. The van der Waals surface area contributed by atoms with Crippen LogP contribution in [0, 0.1) is 0 Å². The summed E-state index contributed by atoms with van der Waals surface area (Å²) in [5, 5.41) is 2.62. The molecule has 1 fully saturated rings. The van der Waals surface area contributed by atoms with Crippen LogP contribution < -0.4 is 10.1 Å². The van der Waals surface area contributed by atoms with Crippen LogP contribution in [0.1, 0.15) is 50.8 Å². The Bertz CT molecular complexity index is 1070. The summed E-state index contributed by atoms with van der Waals surface area (Å²) in [6, 6.07) is 11.0. The summed E-state index contributed by atoms with van der Waals surface area (Å²) in [5.41, 5.74) is 1.00. The second kappa shape index (κ2) is 9.83. The van der Waals surface area contributed by atoms with Crippen LogP contribution in [0.2, 0.25) is 0 Å². The minimum atomic E-state index is -0.766. The molecule has 1 atom stereocenters. The van der Waals surface area contributed by atoms with Crippen molar-refractivity contribution in [3.05, 3.63) is 59.2 Å². The fraction of sp³-hybridized carbons (Fsp3) is 0.333. The number of carbonyl (C=O) groups excluding carboxylic acids is 4. The zero-order chi connectivity index (χ0) is 23.4. The molecule has 2 aromatic carbocycles. The number of hydrogen-bond acceptors (Lipinski definition) is 7. The van der Waals surface area contributed by atoms with Gasteiger partial charge in [-0.3, -0.25) is 19.3 Å². The third-order valence-corrected chi connectivity index (χ3v) is 5.40.